The van der Waals surface area contributed by atoms with E-state index in [1.54, 1.807) is 0 Å². The Hall–Kier alpha value is -0.610. The molecule has 16 heavy (non-hydrogen) atoms. The van der Waals surface area contributed by atoms with Crippen LogP contribution in [0.2, 0.25) is 0 Å². The number of hydrogen-bond acceptors (Lipinski definition) is 3. The third-order valence-corrected chi connectivity index (χ3v) is 2.63. The molecule has 2 N–H and O–H groups in total. The van der Waals surface area contributed by atoms with Gasteiger partial charge in [0.2, 0.25) is 5.91 Å². The van der Waals surface area contributed by atoms with Gasteiger partial charge in [-0.05, 0) is 26.4 Å². The zero-order valence-corrected chi connectivity index (χ0v) is 11.4. The summed E-state index contributed by atoms with van der Waals surface area (Å²) in [5.74, 6) is 0.282. The van der Waals surface area contributed by atoms with Gasteiger partial charge in [-0.2, -0.15) is 0 Å². The maximum atomic E-state index is 12.1. The lowest BCUT2D eigenvalue weighted by atomic mass is 10.0. The van der Waals surface area contributed by atoms with E-state index in [0.717, 1.165) is 26.1 Å². The van der Waals surface area contributed by atoms with Crippen molar-refractivity contribution in [2.45, 2.75) is 33.2 Å². The van der Waals surface area contributed by atoms with Gasteiger partial charge in [-0.3, -0.25) is 4.79 Å². The molecule has 1 atom stereocenters. The lowest BCUT2D eigenvalue weighted by Crippen LogP contribution is -2.48. The number of carbonyl (C=O) groups is 1. The summed E-state index contributed by atoms with van der Waals surface area (Å²) < 4.78 is 0. The molecule has 0 aromatic rings. The van der Waals surface area contributed by atoms with Crippen LogP contribution >= 0.6 is 0 Å². The molecule has 1 amide bonds. The van der Waals surface area contributed by atoms with Crippen molar-refractivity contribution in [1.29, 1.82) is 0 Å². The Morgan fingerprint density at radius 1 is 1.19 bits per heavy atom. The summed E-state index contributed by atoms with van der Waals surface area (Å²) in [6, 6.07) is -0.367. The SMILES string of the molecule is CCCN(CCN(C)C)C(=O)[C@@H](N)C(C)C. The van der Waals surface area contributed by atoms with Crippen LogP contribution in [-0.4, -0.2) is 55.5 Å². The van der Waals surface area contributed by atoms with Gasteiger partial charge >= 0.3 is 0 Å². The van der Waals surface area contributed by atoms with Gasteiger partial charge in [-0.25, -0.2) is 0 Å². The number of likely N-dealkylation sites (N-methyl/N-ethyl adjacent to an activating group) is 1. The van der Waals surface area contributed by atoms with Crippen LogP contribution in [0.25, 0.3) is 0 Å². The van der Waals surface area contributed by atoms with Crippen LogP contribution in [0.15, 0.2) is 0 Å². The van der Waals surface area contributed by atoms with Crippen molar-refractivity contribution in [3.8, 4) is 0 Å². The summed E-state index contributed by atoms with van der Waals surface area (Å²) in [7, 11) is 4.02. The summed E-state index contributed by atoms with van der Waals surface area (Å²) in [6.45, 7) is 8.50. The first-order chi connectivity index (χ1) is 7.40. The Labute approximate surface area is 99.8 Å². The molecule has 0 rings (SSSR count). The van der Waals surface area contributed by atoms with Gasteiger partial charge in [0.25, 0.3) is 0 Å². The molecule has 4 nitrogen and oxygen atoms in total. The van der Waals surface area contributed by atoms with E-state index < -0.39 is 0 Å². The Morgan fingerprint density at radius 2 is 1.75 bits per heavy atom. The van der Waals surface area contributed by atoms with Crippen LogP contribution in [0.3, 0.4) is 0 Å². The fraction of sp³-hybridized carbons (Fsp3) is 0.917. The van der Waals surface area contributed by atoms with Gasteiger partial charge in [0.05, 0.1) is 6.04 Å². The zero-order valence-electron chi connectivity index (χ0n) is 11.4. The number of amides is 1. The molecule has 0 spiro atoms. The van der Waals surface area contributed by atoms with E-state index in [1.807, 2.05) is 32.8 Å². The molecule has 4 heteroatoms. The Balaban J connectivity index is 4.33. The van der Waals surface area contributed by atoms with E-state index in [9.17, 15) is 4.79 Å². The molecule has 0 saturated carbocycles. The summed E-state index contributed by atoms with van der Waals surface area (Å²) in [4.78, 5) is 16.0. The quantitative estimate of drug-likeness (QED) is 0.701. The Bertz CT molecular complexity index is 204. The van der Waals surface area contributed by atoms with E-state index in [0.29, 0.717) is 0 Å². The Kier molecular flexibility index (Phi) is 7.34. The smallest absolute Gasteiger partial charge is 0.239 e. The average molecular weight is 229 g/mol. The molecule has 96 valence electrons. The second-order valence-electron chi connectivity index (χ2n) is 4.90. The van der Waals surface area contributed by atoms with E-state index in [4.69, 9.17) is 5.73 Å². The van der Waals surface area contributed by atoms with Crippen LogP contribution in [0.4, 0.5) is 0 Å². The average Bonchev–Trinajstić information content (AvgIpc) is 2.21. The Morgan fingerprint density at radius 3 is 2.12 bits per heavy atom. The number of hydrogen-bond donors (Lipinski definition) is 1. The highest BCUT2D eigenvalue weighted by atomic mass is 16.2. The molecule has 0 heterocycles. The molecule has 0 fully saturated rings. The zero-order chi connectivity index (χ0) is 12.7. The minimum absolute atomic E-state index is 0.0821. The second kappa shape index (κ2) is 7.63. The molecule has 0 aliphatic heterocycles. The van der Waals surface area contributed by atoms with Crippen molar-refractivity contribution in [1.82, 2.24) is 9.80 Å². The van der Waals surface area contributed by atoms with Crippen molar-refractivity contribution >= 4 is 5.91 Å². The molecule has 0 unspecified atom stereocenters. The van der Waals surface area contributed by atoms with E-state index in [2.05, 4.69) is 11.8 Å². The molecule has 0 aromatic heterocycles. The van der Waals surface area contributed by atoms with Crippen LogP contribution in [0.5, 0.6) is 0 Å². The first-order valence-corrected chi connectivity index (χ1v) is 6.09. The monoisotopic (exact) mass is 229 g/mol. The fourth-order valence-corrected chi connectivity index (χ4v) is 1.42. The predicted octanol–water partition coefficient (Wildman–Crippen LogP) is 0.770. The van der Waals surface area contributed by atoms with Crippen LogP contribution < -0.4 is 5.73 Å². The number of carbonyl (C=O) groups excluding carboxylic acids is 1. The standard InChI is InChI=1S/C12H27N3O/c1-6-7-15(9-8-14(4)5)12(16)11(13)10(2)3/h10-11H,6-9,13H2,1-5H3/t11-/m0/s1. The van der Waals surface area contributed by atoms with Gasteiger partial charge in [-0.1, -0.05) is 20.8 Å². The second-order valence-corrected chi connectivity index (χ2v) is 4.90. The number of nitrogens with two attached hydrogens (primary N) is 1. The van der Waals surface area contributed by atoms with Gasteiger partial charge < -0.3 is 15.5 Å². The molecule has 0 aliphatic carbocycles. The van der Waals surface area contributed by atoms with Gasteiger partial charge in [-0.15, -0.1) is 0 Å². The van der Waals surface area contributed by atoms with Crippen LogP contribution in [-0.2, 0) is 4.79 Å². The molecule has 0 aromatic carbocycles. The van der Waals surface area contributed by atoms with Crippen molar-refractivity contribution < 1.29 is 4.79 Å². The lowest BCUT2D eigenvalue weighted by molar-refractivity contribution is -0.133. The van der Waals surface area contributed by atoms with Crippen molar-refractivity contribution in [2.75, 3.05) is 33.7 Å². The largest absolute Gasteiger partial charge is 0.340 e. The summed E-state index contributed by atoms with van der Waals surface area (Å²) in [5.41, 5.74) is 5.89. The highest BCUT2D eigenvalue weighted by Gasteiger charge is 2.22. The highest BCUT2D eigenvalue weighted by molar-refractivity contribution is 5.81. The topological polar surface area (TPSA) is 49.6 Å². The molecule has 0 aliphatic rings. The van der Waals surface area contributed by atoms with Crippen molar-refractivity contribution in [2.24, 2.45) is 11.7 Å². The predicted molar refractivity (Wildman–Crippen MR) is 68.2 cm³/mol. The molecule has 0 saturated heterocycles. The van der Waals surface area contributed by atoms with Crippen LogP contribution in [0.1, 0.15) is 27.2 Å². The minimum atomic E-state index is -0.367. The normalized spacial score (nSPS) is 13.2. The molecule has 0 radical (unpaired) electrons. The van der Waals surface area contributed by atoms with Crippen molar-refractivity contribution in [3.05, 3.63) is 0 Å². The first kappa shape index (κ1) is 15.4. The summed E-state index contributed by atoms with van der Waals surface area (Å²) in [6.07, 6.45) is 0.976. The van der Waals surface area contributed by atoms with E-state index >= 15 is 0 Å². The summed E-state index contributed by atoms with van der Waals surface area (Å²) in [5, 5.41) is 0. The molecular formula is C12H27N3O. The van der Waals surface area contributed by atoms with Crippen molar-refractivity contribution in [3.63, 3.8) is 0 Å². The van der Waals surface area contributed by atoms with E-state index in [-0.39, 0.29) is 17.9 Å². The number of nitrogens with zero attached hydrogens (tertiary/aromatic N) is 2. The summed E-state index contributed by atoms with van der Waals surface area (Å²) >= 11 is 0. The van der Waals surface area contributed by atoms with Gasteiger partial charge in [0, 0.05) is 19.6 Å². The van der Waals surface area contributed by atoms with Gasteiger partial charge in [0.15, 0.2) is 0 Å². The highest BCUT2D eigenvalue weighted by Crippen LogP contribution is 2.04. The van der Waals surface area contributed by atoms with Gasteiger partial charge in [0.1, 0.15) is 0 Å². The van der Waals surface area contributed by atoms with Crippen LogP contribution in [0, 0.1) is 5.92 Å². The maximum Gasteiger partial charge on any atom is 0.239 e. The van der Waals surface area contributed by atoms with E-state index in [1.165, 1.54) is 0 Å². The third-order valence-electron chi connectivity index (χ3n) is 2.63. The maximum absolute atomic E-state index is 12.1. The number of rotatable bonds is 7. The lowest BCUT2D eigenvalue weighted by Gasteiger charge is -2.28. The minimum Gasteiger partial charge on any atom is -0.340 e. The molecule has 0 bridgehead atoms. The fourth-order valence-electron chi connectivity index (χ4n) is 1.42. The first-order valence-electron chi connectivity index (χ1n) is 6.09. The molecular weight excluding hydrogens is 202 g/mol. The third kappa shape index (κ3) is 5.47.